The van der Waals surface area contributed by atoms with Gasteiger partial charge in [-0.15, -0.1) is 0 Å². The quantitative estimate of drug-likeness (QED) is 0.651. The molecule has 2 rings (SSSR count). The van der Waals surface area contributed by atoms with Crippen molar-refractivity contribution >= 4 is 17.8 Å². The van der Waals surface area contributed by atoms with Crippen molar-refractivity contribution in [3.8, 4) is 5.75 Å². The van der Waals surface area contributed by atoms with Crippen molar-refractivity contribution in [3.05, 3.63) is 60.2 Å². The number of aromatic hydroxyl groups is 1. The molecule has 21 heavy (non-hydrogen) atoms. The van der Waals surface area contributed by atoms with Crippen LogP contribution in [-0.4, -0.2) is 30.8 Å². The van der Waals surface area contributed by atoms with E-state index in [1.807, 2.05) is 42.3 Å². The van der Waals surface area contributed by atoms with Crippen LogP contribution in [0.3, 0.4) is 0 Å². The standard InChI is InChI=1S/C16H17N3O2/c1-19(14-8-3-2-4-9-14)12-16(21)18-17-11-13-7-5-6-10-15(13)20/h2-11,20H,12H2,1H3,(H,18,21)/b17-11-. The molecule has 1 amide bonds. The zero-order valence-electron chi connectivity index (χ0n) is 11.7. The normalized spacial score (nSPS) is 10.5. The van der Waals surface area contributed by atoms with Crippen LogP contribution in [0.2, 0.25) is 0 Å². The summed E-state index contributed by atoms with van der Waals surface area (Å²) >= 11 is 0. The fourth-order valence-electron chi connectivity index (χ4n) is 1.80. The van der Waals surface area contributed by atoms with Crippen LogP contribution in [0, 0.1) is 0 Å². The molecule has 0 unspecified atom stereocenters. The predicted octanol–water partition coefficient (Wildman–Crippen LogP) is 1.98. The maximum Gasteiger partial charge on any atom is 0.259 e. The number of amides is 1. The summed E-state index contributed by atoms with van der Waals surface area (Å²) in [7, 11) is 1.83. The van der Waals surface area contributed by atoms with E-state index in [2.05, 4.69) is 10.5 Å². The Kier molecular flexibility index (Phi) is 4.93. The fraction of sp³-hybridized carbons (Fsp3) is 0.125. The zero-order valence-corrected chi connectivity index (χ0v) is 11.7. The molecule has 0 fully saturated rings. The Morgan fingerprint density at radius 2 is 1.86 bits per heavy atom. The zero-order chi connectivity index (χ0) is 15.1. The van der Waals surface area contributed by atoms with E-state index in [4.69, 9.17) is 0 Å². The van der Waals surface area contributed by atoms with Crippen molar-refractivity contribution in [1.82, 2.24) is 5.43 Å². The molecule has 5 nitrogen and oxygen atoms in total. The first-order chi connectivity index (χ1) is 10.2. The number of anilines is 1. The number of benzene rings is 2. The van der Waals surface area contributed by atoms with Crippen molar-refractivity contribution in [2.45, 2.75) is 0 Å². The molecule has 0 aliphatic heterocycles. The minimum atomic E-state index is -0.229. The molecule has 5 heteroatoms. The molecule has 2 aromatic carbocycles. The Bertz CT molecular complexity index is 626. The highest BCUT2D eigenvalue weighted by molar-refractivity contribution is 5.86. The first-order valence-electron chi connectivity index (χ1n) is 6.53. The van der Waals surface area contributed by atoms with Crippen molar-refractivity contribution in [2.24, 2.45) is 5.10 Å². The van der Waals surface area contributed by atoms with Gasteiger partial charge in [0.2, 0.25) is 0 Å². The van der Waals surface area contributed by atoms with Crippen LogP contribution in [0.15, 0.2) is 59.7 Å². The monoisotopic (exact) mass is 283 g/mol. The lowest BCUT2D eigenvalue weighted by Gasteiger charge is -2.17. The van der Waals surface area contributed by atoms with Crippen LogP contribution in [0.4, 0.5) is 5.69 Å². The largest absolute Gasteiger partial charge is 0.507 e. The van der Waals surface area contributed by atoms with Crippen LogP contribution < -0.4 is 10.3 Å². The molecule has 2 N–H and O–H groups in total. The molecule has 0 aliphatic rings. The van der Waals surface area contributed by atoms with Gasteiger partial charge in [-0.05, 0) is 24.3 Å². The third kappa shape index (κ3) is 4.35. The van der Waals surface area contributed by atoms with Gasteiger partial charge in [-0.2, -0.15) is 5.10 Å². The van der Waals surface area contributed by atoms with Gasteiger partial charge < -0.3 is 10.0 Å². The summed E-state index contributed by atoms with van der Waals surface area (Å²) in [6.45, 7) is 0.197. The third-order valence-corrected chi connectivity index (χ3v) is 2.91. The number of phenols is 1. The SMILES string of the molecule is CN(CC(=O)N/N=C\c1ccccc1O)c1ccccc1. The number of hydrazone groups is 1. The van der Waals surface area contributed by atoms with Crippen molar-refractivity contribution in [2.75, 3.05) is 18.5 Å². The van der Waals surface area contributed by atoms with Gasteiger partial charge in [0, 0.05) is 18.3 Å². The van der Waals surface area contributed by atoms with Crippen LogP contribution in [0.5, 0.6) is 5.75 Å². The molecule has 0 radical (unpaired) electrons. The highest BCUT2D eigenvalue weighted by Crippen LogP contribution is 2.12. The third-order valence-electron chi connectivity index (χ3n) is 2.91. The minimum Gasteiger partial charge on any atom is -0.507 e. The Labute approximate surface area is 123 Å². The summed E-state index contributed by atoms with van der Waals surface area (Å²) < 4.78 is 0. The lowest BCUT2D eigenvalue weighted by atomic mass is 10.2. The molecule has 0 saturated carbocycles. The first kappa shape index (κ1) is 14.6. The van der Waals surface area contributed by atoms with E-state index in [0.29, 0.717) is 5.56 Å². The second-order valence-electron chi connectivity index (χ2n) is 4.54. The molecule has 0 heterocycles. The van der Waals surface area contributed by atoms with E-state index in [1.165, 1.54) is 6.21 Å². The van der Waals surface area contributed by atoms with Crippen LogP contribution >= 0.6 is 0 Å². The second-order valence-corrected chi connectivity index (χ2v) is 4.54. The first-order valence-corrected chi connectivity index (χ1v) is 6.53. The second kappa shape index (κ2) is 7.09. The van der Waals surface area contributed by atoms with E-state index in [9.17, 15) is 9.90 Å². The number of likely N-dealkylation sites (N-methyl/N-ethyl adjacent to an activating group) is 1. The summed E-state index contributed by atoms with van der Waals surface area (Å²) in [6.07, 6.45) is 1.41. The lowest BCUT2D eigenvalue weighted by molar-refractivity contribution is -0.119. The maximum atomic E-state index is 11.8. The highest BCUT2D eigenvalue weighted by atomic mass is 16.3. The van der Waals surface area contributed by atoms with E-state index >= 15 is 0 Å². The smallest absolute Gasteiger partial charge is 0.259 e. The van der Waals surface area contributed by atoms with Crippen molar-refractivity contribution in [3.63, 3.8) is 0 Å². The van der Waals surface area contributed by atoms with Crippen LogP contribution in [0.1, 0.15) is 5.56 Å². The Balaban J connectivity index is 1.87. The topological polar surface area (TPSA) is 64.9 Å². The summed E-state index contributed by atoms with van der Waals surface area (Å²) in [6, 6.07) is 16.4. The van der Waals surface area contributed by atoms with Gasteiger partial charge in [-0.3, -0.25) is 4.79 Å². The molecule has 0 spiro atoms. The van der Waals surface area contributed by atoms with Crippen molar-refractivity contribution in [1.29, 1.82) is 0 Å². The molecular formula is C16H17N3O2. The number of nitrogens with zero attached hydrogens (tertiary/aromatic N) is 2. The van der Waals surface area contributed by atoms with Gasteiger partial charge in [-0.25, -0.2) is 5.43 Å². The van der Waals surface area contributed by atoms with Gasteiger partial charge in [0.25, 0.3) is 5.91 Å². The average molecular weight is 283 g/mol. The van der Waals surface area contributed by atoms with Gasteiger partial charge >= 0.3 is 0 Å². The number of nitrogens with one attached hydrogen (secondary N) is 1. The minimum absolute atomic E-state index is 0.122. The van der Waals surface area contributed by atoms with Crippen LogP contribution in [0.25, 0.3) is 0 Å². The van der Waals surface area contributed by atoms with Crippen molar-refractivity contribution < 1.29 is 9.90 Å². The summed E-state index contributed by atoms with van der Waals surface area (Å²) in [5.41, 5.74) is 3.94. The highest BCUT2D eigenvalue weighted by Gasteiger charge is 2.05. The average Bonchev–Trinajstić information content (AvgIpc) is 2.50. The van der Waals surface area contributed by atoms with E-state index in [-0.39, 0.29) is 18.2 Å². The van der Waals surface area contributed by atoms with Crippen LogP contribution in [-0.2, 0) is 4.79 Å². The number of rotatable bonds is 5. The molecule has 0 aliphatic carbocycles. The number of carbonyl (C=O) groups is 1. The number of para-hydroxylation sites is 2. The van der Waals surface area contributed by atoms with Gasteiger partial charge in [0.05, 0.1) is 12.8 Å². The number of hydrogen-bond acceptors (Lipinski definition) is 4. The van der Waals surface area contributed by atoms with Gasteiger partial charge in [0.1, 0.15) is 5.75 Å². The fourth-order valence-corrected chi connectivity index (χ4v) is 1.80. The predicted molar refractivity (Wildman–Crippen MR) is 83.6 cm³/mol. The molecule has 0 saturated heterocycles. The Hall–Kier alpha value is -2.82. The molecule has 2 aromatic rings. The molecule has 0 bridgehead atoms. The Morgan fingerprint density at radius 1 is 1.19 bits per heavy atom. The number of carbonyl (C=O) groups excluding carboxylic acids is 1. The molecule has 108 valence electrons. The Morgan fingerprint density at radius 3 is 2.57 bits per heavy atom. The summed E-state index contributed by atoms with van der Waals surface area (Å²) in [5.74, 6) is -0.107. The molecular weight excluding hydrogens is 266 g/mol. The van der Waals surface area contributed by atoms with E-state index < -0.39 is 0 Å². The van der Waals surface area contributed by atoms with E-state index in [0.717, 1.165) is 5.69 Å². The number of phenolic OH excluding ortho intramolecular Hbond substituents is 1. The lowest BCUT2D eigenvalue weighted by Crippen LogP contribution is -2.32. The number of hydrogen-bond donors (Lipinski definition) is 2. The maximum absolute atomic E-state index is 11.8. The van der Waals surface area contributed by atoms with Gasteiger partial charge in [-0.1, -0.05) is 30.3 Å². The van der Waals surface area contributed by atoms with E-state index in [1.54, 1.807) is 24.3 Å². The summed E-state index contributed by atoms with van der Waals surface area (Å²) in [5, 5.41) is 13.4. The summed E-state index contributed by atoms with van der Waals surface area (Å²) in [4.78, 5) is 13.6. The molecule has 0 atom stereocenters. The molecule has 0 aromatic heterocycles. The van der Waals surface area contributed by atoms with Gasteiger partial charge in [0.15, 0.2) is 0 Å².